The Kier molecular flexibility index (Phi) is 3.52. The van der Waals surface area contributed by atoms with Crippen LogP contribution >= 0.6 is 0 Å². The smallest absolute Gasteiger partial charge is 0.312 e. The Hall–Kier alpha value is -2.83. The number of amides is 1. The highest BCUT2D eigenvalue weighted by atomic mass is 16.5. The first kappa shape index (κ1) is 15.7. The van der Waals surface area contributed by atoms with Gasteiger partial charge in [0.1, 0.15) is 5.75 Å². The number of benzene rings is 1. The number of carboxylic acids is 1. The number of hydrogen-bond donors (Lipinski definition) is 1. The standard InChI is InChI=1S/C18H19N3O4/c1-20-8-13(7-19-20)16(22)21-9-14-10-25-15-5-3-2-4-12(15)6-18(14,11-21)17(23)24/h2-5,7-8,14H,6,9-11H2,1H3,(H,23,24)/t14-,18+/m0/s1. The molecule has 0 unspecified atom stereocenters. The van der Waals surface area contributed by atoms with E-state index in [1.54, 1.807) is 22.8 Å². The number of aliphatic carboxylic acids is 1. The van der Waals surface area contributed by atoms with E-state index in [9.17, 15) is 14.7 Å². The maximum absolute atomic E-state index is 12.7. The summed E-state index contributed by atoms with van der Waals surface area (Å²) in [5, 5.41) is 14.0. The maximum atomic E-state index is 12.7. The van der Waals surface area contributed by atoms with Crippen molar-refractivity contribution in [3.63, 3.8) is 0 Å². The van der Waals surface area contributed by atoms with Gasteiger partial charge in [-0.05, 0) is 18.1 Å². The van der Waals surface area contributed by atoms with Gasteiger partial charge in [-0.3, -0.25) is 14.3 Å². The summed E-state index contributed by atoms with van der Waals surface area (Å²) >= 11 is 0. The average Bonchev–Trinajstić information content (AvgIpc) is 3.14. The minimum absolute atomic E-state index is 0.179. The molecule has 7 heteroatoms. The summed E-state index contributed by atoms with van der Waals surface area (Å²) in [4.78, 5) is 26.6. The largest absolute Gasteiger partial charge is 0.493 e. The minimum Gasteiger partial charge on any atom is -0.493 e. The lowest BCUT2D eigenvalue weighted by Gasteiger charge is -2.27. The SMILES string of the molecule is Cn1cc(C(=O)N2C[C@H]3COc4ccccc4C[C@@]3(C(=O)O)C2)cn1. The Labute approximate surface area is 144 Å². The Bertz CT molecular complexity index is 846. The monoisotopic (exact) mass is 341 g/mol. The number of fused-ring (bicyclic) bond motifs is 2. The summed E-state index contributed by atoms with van der Waals surface area (Å²) in [6.45, 7) is 0.840. The summed E-state index contributed by atoms with van der Waals surface area (Å²) in [5.74, 6) is -0.574. The van der Waals surface area contributed by atoms with Gasteiger partial charge in [-0.25, -0.2) is 0 Å². The molecule has 0 aliphatic carbocycles. The molecule has 2 aliphatic rings. The number of hydrogen-bond acceptors (Lipinski definition) is 4. The third-order valence-corrected chi connectivity index (χ3v) is 5.28. The van der Waals surface area contributed by atoms with Gasteiger partial charge in [-0.1, -0.05) is 18.2 Å². The quantitative estimate of drug-likeness (QED) is 0.887. The number of para-hydroxylation sites is 1. The van der Waals surface area contributed by atoms with E-state index in [2.05, 4.69) is 5.10 Å². The lowest BCUT2D eigenvalue weighted by Crippen LogP contribution is -2.42. The van der Waals surface area contributed by atoms with Crippen LogP contribution in [0, 0.1) is 11.3 Å². The van der Waals surface area contributed by atoms with Crippen LogP contribution in [-0.2, 0) is 18.3 Å². The molecule has 1 aromatic carbocycles. The lowest BCUT2D eigenvalue weighted by molar-refractivity contribution is -0.150. The van der Waals surface area contributed by atoms with E-state index in [1.807, 2.05) is 24.3 Å². The van der Waals surface area contributed by atoms with Gasteiger partial charge >= 0.3 is 5.97 Å². The third kappa shape index (κ3) is 2.47. The molecule has 0 radical (unpaired) electrons. The van der Waals surface area contributed by atoms with Crippen molar-refractivity contribution in [1.82, 2.24) is 14.7 Å². The maximum Gasteiger partial charge on any atom is 0.312 e. The number of carbonyl (C=O) groups excluding carboxylic acids is 1. The first-order chi connectivity index (χ1) is 12.0. The van der Waals surface area contributed by atoms with Crippen molar-refractivity contribution in [1.29, 1.82) is 0 Å². The molecular formula is C18H19N3O4. The molecule has 1 N–H and O–H groups in total. The second kappa shape index (κ2) is 5.61. The zero-order chi connectivity index (χ0) is 17.6. The molecule has 1 amide bonds. The topological polar surface area (TPSA) is 84.7 Å². The van der Waals surface area contributed by atoms with Crippen LogP contribution in [0.4, 0.5) is 0 Å². The molecule has 2 atom stereocenters. The van der Waals surface area contributed by atoms with E-state index in [4.69, 9.17) is 4.74 Å². The van der Waals surface area contributed by atoms with Gasteiger partial charge in [0.05, 0.1) is 23.8 Å². The number of likely N-dealkylation sites (tertiary alicyclic amines) is 1. The van der Waals surface area contributed by atoms with Crippen molar-refractivity contribution in [3.8, 4) is 5.75 Å². The fraction of sp³-hybridized carbons (Fsp3) is 0.389. The van der Waals surface area contributed by atoms with Crippen LogP contribution in [0.2, 0.25) is 0 Å². The fourth-order valence-electron chi connectivity index (χ4n) is 3.90. The van der Waals surface area contributed by atoms with Crippen molar-refractivity contribution < 1.29 is 19.4 Å². The third-order valence-electron chi connectivity index (χ3n) is 5.28. The van der Waals surface area contributed by atoms with Crippen LogP contribution < -0.4 is 4.74 Å². The predicted octanol–water partition coefficient (Wildman–Crippen LogP) is 1.20. The molecule has 2 aliphatic heterocycles. The van der Waals surface area contributed by atoms with Gasteiger partial charge in [0.25, 0.3) is 5.91 Å². The summed E-state index contributed by atoms with van der Waals surface area (Å²) in [6, 6.07) is 7.52. The van der Waals surface area contributed by atoms with Crippen LogP contribution in [0.1, 0.15) is 15.9 Å². The second-order valence-electron chi connectivity index (χ2n) is 6.84. The molecule has 1 saturated heterocycles. The molecular weight excluding hydrogens is 322 g/mol. The van der Waals surface area contributed by atoms with E-state index in [1.165, 1.54) is 6.20 Å². The zero-order valence-electron chi connectivity index (χ0n) is 13.9. The Morgan fingerprint density at radius 1 is 1.36 bits per heavy atom. The van der Waals surface area contributed by atoms with Gasteiger partial charge in [0, 0.05) is 32.3 Å². The summed E-state index contributed by atoms with van der Waals surface area (Å²) in [7, 11) is 1.74. The van der Waals surface area contributed by atoms with E-state index >= 15 is 0 Å². The number of carboxylic acid groups (broad SMARTS) is 1. The summed E-state index contributed by atoms with van der Waals surface area (Å²) in [5.41, 5.74) is 0.327. The molecule has 130 valence electrons. The van der Waals surface area contributed by atoms with Gasteiger partial charge in [0.2, 0.25) is 0 Å². The van der Waals surface area contributed by atoms with E-state index in [-0.39, 0.29) is 18.4 Å². The normalized spacial score (nSPS) is 24.8. The molecule has 0 spiro atoms. The Morgan fingerprint density at radius 2 is 2.16 bits per heavy atom. The van der Waals surface area contributed by atoms with Crippen molar-refractivity contribution >= 4 is 11.9 Å². The molecule has 25 heavy (non-hydrogen) atoms. The number of nitrogens with zero attached hydrogens (tertiary/aromatic N) is 3. The highest BCUT2D eigenvalue weighted by Crippen LogP contribution is 2.44. The molecule has 1 aromatic heterocycles. The number of aromatic nitrogens is 2. The Balaban J connectivity index is 1.67. The van der Waals surface area contributed by atoms with Crippen molar-refractivity contribution in [2.75, 3.05) is 19.7 Å². The zero-order valence-corrected chi connectivity index (χ0v) is 13.9. The lowest BCUT2D eigenvalue weighted by atomic mass is 9.74. The van der Waals surface area contributed by atoms with E-state index in [0.29, 0.717) is 25.1 Å². The van der Waals surface area contributed by atoms with Gasteiger partial charge in [-0.2, -0.15) is 5.10 Å². The Morgan fingerprint density at radius 3 is 2.88 bits per heavy atom. The van der Waals surface area contributed by atoms with Gasteiger partial charge < -0.3 is 14.7 Å². The molecule has 4 rings (SSSR count). The van der Waals surface area contributed by atoms with Crippen LogP contribution in [0.5, 0.6) is 5.75 Å². The first-order valence-electron chi connectivity index (χ1n) is 8.21. The number of carbonyl (C=O) groups is 2. The first-order valence-corrected chi connectivity index (χ1v) is 8.21. The summed E-state index contributed by atoms with van der Waals surface area (Å²) in [6.07, 6.45) is 3.52. The highest BCUT2D eigenvalue weighted by molar-refractivity contribution is 5.94. The van der Waals surface area contributed by atoms with E-state index < -0.39 is 11.4 Å². The van der Waals surface area contributed by atoms with Gasteiger partial charge in [0.15, 0.2) is 0 Å². The van der Waals surface area contributed by atoms with Crippen molar-refractivity contribution in [2.45, 2.75) is 6.42 Å². The van der Waals surface area contributed by atoms with Crippen LogP contribution in [0.25, 0.3) is 0 Å². The number of aryl methyl sites for hydroxylation is 1. The summed E-state index contributed by atoms with van der Waals surface area (Å²) < 4.78 is 7.42. The van der Waals surface area contributed by atoms with Crippen LogP contribution in [-0.4, -0.2) is 51.4 Å². The molecule has 3 heterocycles. The van der Waals surface area contributed by atoms with E-state index in [0.717, 1.165) is 11.3 Å². The highest BCUT2D eigenvalue weighted by Gasteiger charge is 2.55. The molecule has 0 saturated carbocycles. The second-order valence-corrected chi connectivity index (χ2v) is 6.84. The number of ether oxygens (including phenoxy) is 1. The van der Waals surface area contributed by atoms with Crippen LogP contribution in [0.3, 0.4) is 0 Å². The fourth-order valence-corrected chi connectivity index (χ4v) is 3.90. The predicted molar refractivity (Wildman–Crippen MR) is 88.3 cm³/mol. The molecule has 0 bridgehead atoms. The average molecular weight is 341 g/mol. The minimum atomic E-state index is -1.02. The van der Waals surface area contributed by atoms with Crippen LogP contribution in [0.15, 0.2) is 36.7 Å². The van der Waals surface area contributed by atoms with Crippen molar-refractivity contribution in [3.05, 3.63) is 47.8 Å². The van der Waals surface area contributed by atoms with Crippen molar-refractivity contribution in [2.24, 2.45) is 18.4 Å². The molecule has 1 fully saturated rings. The molecule has 7 nitrogen and oxygen atoms in total. The molecule has 2 aromatic rings. The number of rotatable bonds is 2. The van der Waals surface area contributed by atoms with Gasteiger partial charge in [-0.15, -0.1) is 0 Å².